The Balaban J connectivity index is 1.69. The lowest BCUT2D eigenvalue weighted by atomic mass is 10.1. The van der Waals surface area contributed by atoms with E-state index in [-0.39, 0.29) is 11.6 Å². The van der Waals surface area contributed by atoms with E-state index in [1.54, 1.807) is 37.3 Å². The minimum absolute atomic E-state index is 0.0258. The molecule has 1 aromatic carbocycles. The zero-order valence-corrected chi connectivity index (χ0v) is 14.7. The van der Waals surface area contributed by atoms with Crippen molar-refractivity contribution in [3.8, 4) is 11.3 Å². The molecule has 27 heavy (non-hydrogen) atoms. The summed E-state index contributed by atoms with van der Waals surface area (Å²) in [6.07, 6.45) is 2.85. The van der Waals surface area contributed by atoms with Gasteiger partial charge in [0.15, 0.2) is 0 Å². The van der Waals surface area contributed by atoms with Crippen LogP contribution in [-0.2, 0) is 0 Å². The van der Waals surface area contributed by atoms with Crippen LogP contribution >= 0.6 is 0 Å². The van der Waals surface area contributed by atoms with Gasteiger partial charge in [0.05, 0.1) is 16.7 Å². The number of carbonyl (C=O) groups is 1. The Bertz CT molecular complexity index is 1020. The van der Waals surface area contributed by atoms with Crippen molar-refractivity contribution < 1.29 is 14.1 Å². The second-order valence-corrected chi connectivity index (χ2v) is 5.85. The first-order chi connectivity index (χ1) is 12.9. The van der Waals surface area contributed by atoms with Gasteiger partial charge in [0.2, 0.25) is 0 Å². The highest BCUT2D eigenvalue weighted by molar-refractivity contribution is 5.94. The smallest absolute Gasteiger partial charge is 0.272 e. The first-order valence-corrected chi connectivity index (χ1v) is 8.05. The van der Waals surface area contributed by atoms with Gasteiger partial charge in [-0.2, -0.15) is 5.10 Å². The van der Waals surface area contributed by atoms with Crippen molar-refractivity contribution in [1.29, 1.82) is 0 Å². The average molecular weight is 364 g/mol. The number of hydrogen-bond acceptors (Lipinski definition) is 6. The van der Waals surface area contributed by atoms with Gasteiger partial charge in [-0.25, -0.2) is 5.43 Å². The number of non-ortho nitro benzene ring substituents is 1. The number of amides is 1. The quantitative estimate of drug-likeness (QED) is 0.422. The zero-order chi connectivity index (χ0) is 19.4. The van der Waals surface area contributed by atoms with Crippen molar-refractivity contribution in [2.45, 2.75) is 13.8 Å². The number of pyridine rings is 1. The molecule has 0 saturated heterocycles. The van der Waals surface area contributed by atoms with Gasteiger partial charge in [-0.1, -0.05) is 0 Å². The number of aryl methyl sites for hydroxylation is 2. The summed E-state index contributed by atoms with van der Waals surface area (Å²) < 4.78 is 5.67. The molecule has 0 bridgehead atoms. The van der Waals surface area contributed by atoms with E-state index in [1.807, 2.05) is 6.92 Å². The Morgan fingerprint density at radius 2 is 2.04 bits per heavy atom. The van der Waals surface area contributed by atoms with E-state index in [1.165, 1.54) is 24.5 Å². The normalized spacial score (nSPS) is 10.9. The standard InChI is InChI=1S/C19H16N4O4/c1-12-9-15(23(25)26)5-7-17(12)18-8-6-16(27-18)11-21-22-19(24)14-4-3-13(2)20-10-14/h3-11H,1-2H3,(H,22,24). The van der Waals surface area contributed by atoms with Gasteiger partial charge in [0, 0.05) is 29.6 Å². The van der Waals surface area contributed by atoms with Crippen LogP contribution in [0.3, 0.4) is 0 Å². The number of nitro groups is 1. The highest BCUT2D eigenvalue weighted by atomic mass is 16.6. The highest BCUT2D eigenvalue weighted by Gasteiger charge is 2.12. The molecule has 0 aliphatic heterocycles. The van der Waals surface area contributed by atoms with Crippen LogP contribution < -0.4 is 5.43 Å². The molecule has 0 aliphatic carbocycles. The summed E-state index contributed by atoms with van der Waals surface area (Å²) in [6.45, 7) is 3.61. The van der Waals surface area contributed by atoms with Crippen LogP contribution in [0, 0.1) is 24.0 Å². The fourth-order valence-corrected chi connectivity index (χ4v) is 2.43. The molecule has 0 aliphatic rings. The monoisotopic (exact) mass is 364 g/mol. The molecule has 0 spiro atoms. The van der Waals surface area contributed by atoms with Crippen LogP contribution in [-0.4, -0.2) is 22.0 Å². The molecular weight excluding hydrogens is 348 g/mol. The maximum Gasteiger partial charge on any atom is 0.272 e. The SMILES string of the molecule is Cc1ccc(C(=O)NN=Cc2ccc(-c3ccc([N+](=O)[O-])cc3C)o2)cn1. The molecule has 0 atom stereocenters. The first-order valence-electron chi connectivity index (χ1n) is 8.05. The molecule has 136 valence electrons. The summed E-state index contributed by atoms with van der Waals surface area (Å²) in [5.74, 6) is 0.611. The number of rotatable bonds is 5. The number of furan rings is 1. The number of aromatic nitrogens is 1. The number of hydrogen-bond donors (Lipinski definition) is 1. The minimum atomic E-state index is -0.441. The largest absolute Gasteiger partial charge is 0.455 e. The summed E-state index contributed by atoms with van der Waals surface area (Å²) in [5, 5.41) is 14.7. The third-order valence-corrected chi connectivity index (χ3v) is 3.84. The number of nitrogens with one attached hydrogen (secondary N) is 1. The molecule has 3 aromatic rings. The molecule has 0 fully saturated rings. The van der Waals surface area contributed by atoms with Gasteiger partial charge in [-0.15, -0.1) is 0 Å². The first kappa shape index (κ1) is 18.0. The molecule has 1 N–H and O–H groups in total. The fourth-order valence-electron chi connectivity index (χ4n) is 2.43. The summed E-state index contributed by atoms with van der Waals surface area (Å²) in [4.78, 5) is 26.4. The second kappa shape index (κ2) is 7.61. The van der Waals surface area contributed by atoms with Crippen LogP contribution in [0.2, 0.25) is 0 Å². The minimum Gasteiger partial charge on any atom is -0.455 e. The predicted molar refractivity (Wildman–Crippen MR) is 99.6 cm³/mol. The Kier molecular flexibility index (Phi) is 5.07. The van der Waals surface area contributed by atoms with Gasteiger partial charge < -0.3 is 4.42 Å². The van der Waals surface area contributed by atoms with Crippen molar-refractivity contribution in [1.82, 2.24) is 10.4 Å². The second-order valence-electron chi connectivity index (χ2n) is 5.85. The number of nitrogens with zero attached hydrogens (tertiary/aromatic N) is 3. The Hall–Kier alpha value is -3.81. The Labute approximate surface area is 154 Å². The molecule has 2 heterocycles. The van der Waals surface area contributed by atoms with Crippen molar-refractivity contribution in [2.75, 3.05) is 0 Å². The van der Waals surface area contributed by atoms with Crippen molar-refractivity contribution in [3.63, 3.8) is 0 Å². The van der Waals surface area contributed by atoms with Crippen LogP contribution in [0.15, 0.2) is 58.2 Å². The topological polar surface area (TPSA) is 111 Å². The van der Waals surface area contributed by atoms with Crippen LogP contribution in [0.25, 0.3) is 11.3 Å². The fraction of sp³-hybridized carbons (Fsp3) is 0.105. The molecule has 0 saturated carbocycles. The molecular formula is C19H16N4O4. The van der Waals surface area contributed by atoms with Crippen molar-refractivity contribution in [3.05, 3.63) is 81.4 Å². The van der Waals surface area contributed by atoms with Crippen molar-refractivity contribution in [2.24, 2.45) is 5.10 Å². The van der Waals surface area contributed by atoms with E-state index < -0.39 is 4.92 Å². The van der Waals surface area contributed by atoms with Gasteiger partial charge in [0.1, 0.15) is 11.5 Å². The lowest BCUT2D eigenvalue weighted by Crippen LogP contribution is -2.17. The van der Waals surface area contributed by atoms with Crippen LogP contribution in [0.1, 0.15) is 27.4 Å². The Morgan fingerprint density at radius 1 is 1.22 bits per heavy atom. The van der Waals surface area contributed by atoms with Crippen LogP contribution in [0.5, 0.6) is 0 Å². The zero-order valence-electron chi connectivity index (χ0n) is 14.7. The number of benzene rings is 1. The molecule has 2 aromatic heterocycles. The molecule has 8 heteroatoms. The van der Waals surface area contributed by atoms with E-state index >= 15 is 0 Å². The lowest BCUT2D eigenvalue weighted by molar-refractivity contribution is -0.384. The van der Waals surface area contributed by atoms with Crippen molar-refractivity contribution >= 4 is 17.8 Å². The summed E-state index contributed by atoms with van der Waals surface area (Å²) >= 11 is 0. The van der Waals surface area contributed by atoms with E-state index in [0.29, 0.717) is 17.1 Å². The van der Waals surface area contributed by atoms with Gasteiger partial charge in [-0.05, 0) is 49.7 Å². The van der Waals surface area contributed by atoms with E-state index in [0.717, 1.165) is 16.8 Å². The van der Waals surface area contributed by atoms with E-state index in [2.05, 4.69) is 15.5 Å². The number of nitro benzene ring substituents is 1. The van der Waals surface area contributed by atoms with E-state index in [4.69, 9.17) is 4.42 Å². The lowest BCUT2D eigenvalue weighted by Gasteiger charge is -2.02. The third-order valence-electron chi connectivity index (χ3n) is 3.84. The van der Waals surface area contributed by atoms with Gasteiger partial charge in [-0.3, -0.25) is 19.9 Å². The summed E-state index contributed by atoms with van der Waals surface area (Å²) in [5.41, 5.74) is 5.12. The number of hydrazone groups is 1. The summed E-state index contributed by atoms with van der Waals surface area (Å²) in [6, 6.07) is 11.4. The molecule has 0 unspecified atom stereocenters. The maximum absolute atomic E-state index is 12.0. The van der Waals surface area contributed by atoms with E-state index in [9.17, 15) is 14.9 Å². The third kappa shape index (κ3) is 4.24. The van der Waals surface area contributed by atoms with Gasteiger partial charge in [0.25, 0.3) is 11.6 Å². The molecule has 3 rings (SSSR count). The molecule has 0 radical (unpaired) electrons. The Morgan fingerprint density at radius 3 is 2.70 bits per heavy atom. The highest BCUT2D eigenvalue weighted by Crippen LogP contribution is 2.28. The number of carbonyl (C=O) groups excluding carboxylic acids is 1. The van der Waals surface area contributed by atoms with Gasteiger partial charge >= 0.3 is 0 Å². The molecule has 8 nitrogen and oxygen atoms in total. The van der Waals surface area contributed by atoms with Crippen LogP contribution in [0.4, 0.5) is 5.69 Å². The maximum atomic E-state index is 12.0. The summed E-state index contributed by atoms with van der Waals surface area (Å²) in [7, 11) is 0. The average Bonchev–Trinajstić information content (AvgIpc) is 3.10. The predicted octanol–water partition coefficient (Wildman–Crippen LogP) is 3.63. The molecule has 1 amide bonds.